The van der Waals surface area contributed by atoms with Gasteiger partial charge in [0.25, 0.3) is 0 Å². The van der Waals surface area contributed by atoms with Crippen LogP contribution in [0.15, 0.2) is 39.5 Å². The third-order valence-corrected chi connectivity index (χ3v) is 3.47. The van der Waals surface area contributed by atoms with E-state index in [1.54, 1.807) is 6.07 Å². The summed E-state index contributed by atoms with van der Waals surface area (Å²) in [5, 5.41) is 2.10. The molecule has 3 aromatic rings. The van der Waals surface area contributed by atoms with Crippen molar-refractivity contribution in [2.45, 2.75) is 26.2 Å². The van der Waals surface area contributed by atoms with Gasteiger partial charge in [0.15, 0.2) is 0 Å². The van der Waals surface area contributed by atoms with E-state index < -0.39 is 5.63 Å². The van der Waals surface area contributed by atoms with Crippen molar-refractivity contribution in [2.75, 3.05) is 5.73 Å². The molecule has 0 aliphatic heterocycles. The van der Waals surface area contributed by atoms with Crippen molar-refractivity contribution in [3.8, 4) is 0 Å². The van der Waals surface area contributed by atoms with Crippen LogP contribution in [0.25, 0.3) is 21.7 Å². The number of hydrogen-bond donors (Lipinski definition) is 1. The predicted octanol–water partition coefficient (Wildman–Crippen LogP) is 3.27. The maximum atomic E-state index is 12.1. The molecular formula is C16H16N2O2. The molecule has 0 saturated heterocycles. The Morgan fingerprint density at radius 1 is 1.25 bits per heavy atom. The summed E-state index contributed by atoms with van der Waals surface area (Å²) >= 11 is 0. The minimum atomic E-state index is -0.425. The van der Waals surface area contributed by atoms with Gasteiger partial charge in [-0.1, -0.05) is 31.5 Å². The highest BCUT2D eigenvalue weighted by molar-refractivity contribution is 6.07. The van der Waals surface area contributed by atoms with Gasteiger partial charge in [-0.05, 0) is 25.0 Å². The van der Waals surface area contributed by atoms with Gasteiger partial charge < -0.3 is 10.2 Å². The molecule has 20 heavy (non-hydrogen) atoms. The quantitative estimate of drug-likeness (QED) is 0.584. The number of anilines is 1. The molecule has 4 nitrogen and oxygen atoms in total. The van der Waals surface area contributed by atoms with Crippen molar-refractivity contribution in [1.82, 2.24) is 4.98 Å². The number of para-hydroxylation sites is 1. The second-order valence-electron chi connectivity index (χ2n) is 4.91. The van der Waals surface area contributed by atoms with Crippen LogP contribution in [0.4, 0.5) is 5.82 Å². The average molecular weight is 268 g/mol. The van der Waals surface area contributed by atoms with Gasteiger partial charge in [-0.15, -0.1) is 0 Å². The van der Waals surface area contributed by atoms with Gasteiger partial charge in [0.05, 0.1) is 0 Å². The number of aromatic nitrogens is 1. The minimum absolute atomic E-state index is 0.258. The lowest BCUT2D eigenvalue weighted by atomic mass is 10.1. The maximum Gasteiger partial charge on any atom is 0.347 e. The zero-order valence-electron chi connectivity index (χ0n) is 11.3. The molecule has 0 fully saturated rings. The maximum absolute atomic E-state index is 12.1. The first kappa shape index (κ1) is 12.7. The lowest BCUT2D eigenvalue weighted by Gasteiger charge is -2.07. The van der Waals surface area contributed by atoms with E-state index in [0.29, 0.717) is 11.0 Å². The van der Waals surface area contributed by atoms with E-state index in [1.165, 1.54) is 0 Å². The molecule has 1 aromatic carbocycles. The van der Waals surface area contributed by atoms with E-state index in [9.17, 15) is 4.79 Å². The van der Waals surface area contributed by atoms with Gasteiger partial charge in [0, 0.05) is 16.5 Å². The summed E-state index contributed by atoms with van der Waals surface area (Å²) in [6.45, 7) is 2.13. The Bertz CT molecular complexity index is 837. The third kappa shape index (κ3) is 2.03. The Morgan fingerprint density at radius 2 is 2.05 bits per heavy atom. The highest BCUT2D eigenvalue weighted by Crippen LogP contribution is 2.26. The van der Waals surface area contributed by atoms with Crippen molar-refractivity contribution < 1.29 is 4.42 Å². The lowest BCUT2D eigenvalue weighted by molar-refractivity contribution is 0.569. The number of unbranched alkanes of at least 4 members (excludes halogenated alkanes) is 1. The molecule has 0 amide bonds. The van der Waals surface area contributed by atoms with Gasteiger partial charge >= 0.3 is 5.63 Å². The van der Waals surface area contributed by atoms with E-state index in [4.69, 9.17) is 10.2 Å². The van der Waals surface area contributed by atoms with E-state index in [-0.39, 0.29) is 5.82 Å². The Morgan fingerprint density at radius 3 is 2.85 bits per heavy atom. The lowest BCUT2D eigenvalue weighted by Crippen LogP contribution is -2.07. The third-order valence-electron chi connectivity index (χ3n) is 3.47. The first-order valence-corrected chi connectivity index (χ1v) is 6.81. The number of benzene rings is 1. The summed E-state index contributed by atoms with van der Waals surface area (Å²) in [6, 6.07) is 9.45. The molecule has 4 heteroatoms. The van der Waals surface area contributed by atoms with Crippen molar-refractivity contribution in [1.29, 1.82) is 0 Å². The van der Waals surface area contributed by atoms with E-state index >= 15 is 0 Å². The summed E-state index contributed by atoms with van der Waals surface area (Å²) in [4.78, 5) is 16.4. The van der Waals surface area contributed by atoms with Crippen molar-refractivity contribution >= 4 is 27.6 Å². The molecule has 2 aromatic heterocycles. The first-order valence-electron chi connectivity index (χ1n) is 6.81. The molecule has 0 bridgehead atoms. The molecular weight excluding hydrogens is 252 g/mol. The van der Waals surface area contributed by atoms with Gasteiger partial charge in [-0.3, -0.25) is 0 Å². The van der Waals surface area contributed by atoms with Crippen LogP contribution in [-0.4, -0.2) is 4.98 Å². The topological polar surface area (TPSA) is 69.1 Å². The number of nitrogens with zero attached hydrogens (tertiary/aromatic N) is 1. The first-order chi connectivity index (χ1) is 9.70. The Hall–Kier alpha value is -2.36. The van der Waals surface area contributed by atoms with Gasteiger partial charge in [0.1, 0.15) is 16.8 Å². The van der Waals surface area contributed by atoms with Crippen LogP contribution in [0.2, 0.25) is 0 Å². The standard InChI is InChI=1S/C16H16N2O2/c1-2-3-6-10-9-12-11-7-4-5-8-13(11)20-16(19)14(12)15(17)18-10/h4-5,7-9H,2-3,6H2,1H3,(H2,17,18). The van der Waals surface area contributed by atoms with Crippen molar-refractivity contribution in [3.63, 3.8) is 0 Å². The highest BCUT2D eigenvalue weighted by Gasteiger charge is 2.12. The summed E-state index contributed by atoms with van der Waals surface area (Å²) in [6.07, 6.45) is 3.01. The van der Waals surface area contributed by atoms with Crippen molar-refractivity contribution in [3.05, 3.63) is 46.4 Å². The van der Waals surface area contributed by atoms with E-state index in [2.05, 4.69) is 11.9 Å². The fraction of sp³-hybridized carbons (Fsp3) is 0.250. The summed E-state index contributed by atoms with van der Waals surface area (Å²) < 4.78 is 5.30. The number of rotatable bonds is 3. The Balaban J connectivity index is 2.37. The smallest absolute Gasteiger partial charge is 0.347 e. The second-order valence-corrected chi connectivity index (χ2v) is 4.91. The molecule has 0 saturated carbocycles. The molecule has 0 spiro atoms. The number of nitrogen functional groups attached to an aromatic ring is 1. The van der Waals surface area contributed by atoms with Crippen LogP contribution < -0.4 is 11.4 Å². The molecule has 0 unspecified atom stereocenters. The van der Waals surface area contributed by atoms with Gasteiger partial charge in [-0.25, -0.2) is 9.78 Å². The molecule has 3 rings (SSSR count). The molecule has 0 aliphatic carbocycles. The SMILES string of the molecule is CCCCc1cc2c(c(N)n1)c(=O)oc1ccccc12. The number of fused-ring (bicyclic) bond motifs is 3. The molecule has 102 valence electrons. The Kier molecular flexibility index (Phi) is 3.14. The second kappa shape index (κ2) is 4.96. The molecule has 2 N–H and O–H groups in total. The van der Waals surface area contributed by atoms with Crippen LogP contribution in [0.1, 0.15) is 25.5 Å². The summed E-state index contributed by atoms with van der Waals surface area (Å²) in [5.74, 6) is 0.258. The summed E-state index contributed by atoms with van der Waals surface area (Å²) in [7, 11) is 0. The fourth-order valence-corrected chi connectivity index (χ4v) is 2.46. The predicted molar refractivity (Wildman–Crippen MR) is 80.8 cm³/mol. The minimum Gasteiger partial charge on any atom is -0.422 e. The van der Waals surface area contributed by atoms with E-state index in [1.807, 2.05) is 24.3 Å². The largest absolute Gasteiger partial charge is 0.422 e. The van der Waals surface area contributed by atoms with Crippen LogP contribution in [0.5, 0.6) is 0 Å². The van der Waals surface area contributed by atoms with Gasteiger partial charge in [-0.2, -0.15) is 0 Å². The number of hydrogen-bond acceptors (Lipinski definition) is 4. The van der Waals surface area contributed by atoms with Crippen LogP contribution >= 0.6 is 0 Å². The zero-order valence-corrected chi connectivity index (χ0v) is 11.3. The number of aryl methyl sites for hydroxylation is 1. The normalized spacial score (nSPS) is 11.2. The molecule has 0 aliphatic rings. The van der Waals surface area contributed by atoms with Crippen LogP contribution in [0, 0.1) is 0 Å². The summed E-state index contributed by atoms with van der Waals surface area (Å²) in [5.41, 5.74) is 7.03. The zero-order chi connectivity index (χ0) is 14.1. The average Bonchev–Trinajstić information content (AvgIpc) is 2.44. The number of nitrogens with two attached hydrogens (primary N) is 1. The van der Waals surface area contributed by atoms with E-state index in [0.717, 1.165) is 35.7 Å². The van der Waals surface area contributed by atoms with Crippen molar-refractivity contribution in [2.24, 2.45) is 0 Å². The van der Waals surface area contributed by atoms with Gasteiger partial charge in [0.2, 0.25) is 0 Å². The number of pyridine rings is 1. The monoisotopic (exact) mass is 268 g/mol. The van der Waals surface area contributed by atoms with Crippen LogP contribution in [0.3, 0.4) is 0 Å². The molecule has 0 radical (unpaired) electrons. The Labute approximate surface area is 116 Å². The van der Waals surface area contributed by atoms with Crippen LogP contribution in [-0.2, 0) is 6.42 Å². The fourth-order valence-electron chi connectivity index (χ4n) is 2.46. The highest BCUT2D eigenvalue weighted by atomic mass is 16.4. The molecule has 0 atom stereocenters. The molecule has 2 heterocycles.